The molecule has 0 bridgehead atoms. The second kappa shape index (κ2) is 7.54. The quantitative estimate of drug-likeness (QED) is 0.643. The number of nitrogens with zero attached hydrogens (tertiary/aromatic N) is 3. The summed E-state index contributed by atoms with van der Waals surface area (Å²) >= 11 is 1.62. The Hall–Kier alpha value is -2.58. The third kappa shape index (κ3) is 3.75. The van der Waals surface area contributed by atoms with Gasteiger partial charge >= 0.3 is 0 Å². The first kappa shape index (κ1) is 17.2. The van der Waals surface area contributed by atoms with Gasteiger partial charge in [0.15, 0.2) is 0 Å². The van der Waals surface area contributed by atoms with Gasteiger partial charge in [-0.2, -0.15) is 5.26 Å². The van der Waals surface area contributed by atoms with Crippen molar-refractivity contribution < 1.29 is 0 Å². The van der Waals surface area contributed by atoms with Gasteiger partial charge in [0.05, 0.1) is 22.7 Å². The van der Waals surface area contributed by atoms with E-state index in [1.807, 2.05) is 18.2 Å². The normalized spacial score (nSPS) is 11.0. The largest absolute Gasteiger partial charge is 0.281 e. The molecule has 0 saturated heterocycles. The molecule has 0 atom stereocenters. The van der Waals surface area contributed by atoms with Crippen LogP contribution in [0.5, 0.6) is 0 Å². The summed E-state index contributed by atoms with van der Waals surface area (Å²) in [7, 11) is 0. The summed E-state index contributed by atoms with van der Waals surface area (Å²) in [5.74, 6) is 1.67. The summed E-state index contributed by atoms with van der Waals surface area (Å²) in [5, 5.41) is 9.61. The van der Waals surface area contributed by atoms with Crippen LogP contribution in [0.15, 0.2) is 58.2 Å². The summed E-state index contributed by atoms with van der Waals surface area (Å²) < 4.78 is 1.47. The molecule has 3 aromatic rings. The fraction of sp³-hybridized carbons (Fsp3) is 0.250. The highest BCUT2D eigenvalue weighted by Gasteiger charge is 2.11. The second-order valence-electron chi connectivity index (χ2n) is 6.11. The molecule has 0 amide bonds. The SMILES string of the molecule is CC(C)c1ccc(SCc2nc3ccccc3c(=O)n2CC#N)cc1. The molecule has 0 fully saturated rings. The average molecular weight is 349 g/mol. The zero-order valence-electron chi connectivity index (χ0n) is 14.3. The Balaban J connectivity index is 1.91. The molecule has 0 aliphatic heterocycles. The Morgan fingerprint density at radius 1 is 1.16 bits per heavy atom. The standard InChI is InChI=1S/C20H19N3OS/c1-14(2)15-7-9-16(10-8-15)25-13-19-22-18-6-4-3-5-17(18)20(24)23(19)12-11-21/h3-10,14H,12-13H2,1-2H3. The van der Waals surface area contributed by atoms with Gasteiger partial charge in [0.2, 0.25) is 0 Å². The van der Waals surface area contributed by atoms with Gasteiger partial charge in [-0.1, -0.05) is 38.1 Å². The minimum absolute atomic E-state index is 0.0127. The highest BCUT2D eigenvalue weighted by molar-refractivity contribution is 7.98. The van der Waals surface area contributed by atoms with Crippen molar-refractivity contribution in [1.29, 1.82) is 5.26 Å². The van der Waals surface area contributed by atoms with Gasteiger partial charge in [-0.25, -0.2) is 4.98 Å². The van der Waals surface area contributed by atoms with E-state index in [2.05, 4.69) is 49.2 Å². The van der Waals surface area contributed by atoms with Crippen molar-refractivity contribution >= 4 is 22.7 Å². The smallest absolute Gasteiger partial charge is 0.262 e. The monoisotopic (exact) mass is 349 g/mol. The van der Waals surface area contributed by atoms with E-state index in [1.165, 1.54) is 10.1 Å². The summed E-state index contributed by atoms with van der Waals surface area (Å²) in [4.78, 5) is 18.4. The van der Waals surface area contributed by atoms with E-state index >= 15 is 0 Å². The second-order valence-corrected chi connectivity index (χ2v) is 7.16. The van der Waals surface area contributed by atoms with Crippen LogP contribution >= 0.6 is 11.8 Å². The van der Waals surface area contributed by atoms with Crippen LogP contribution in [0.2, 0.25) is 0 Å². The number of nitriles is 1. The molecule has 5 heteroatoms. The number of fused-ring (bicyclic) bond motifs is 1. The lowest BCUT2D eigenvalue weighted by Gasteiger charge is -2.11. The molecule has 1 heterocycles. The maximum absolute atomic E-state index is 12.6. The molecular weight excluding hydrogens is 330 g/mol. The van der Waals surface area contributed by atoms with Crippen molar-refractivity contribution in [3.63, 3.8) is 0 Å². The molecule has 4 nitrogen and oxygen atoms in total. The third-order valence-electron chi connectivity index (χ3n) is 4.08. The van der Waals surface area contributed by atoms with E-state index in [0.29, 0.717) is 28.4 Å². The van der Waals surface area contributed by atoms with E-state index in [-0.39, 0.29) is 12.1 Å². The molecule has 0 aliphatic rings. The van der Waals surface area contributed by atoms with Gasteiger partial charge in [0.25, 0.3) is 5.56 Å². The van der Waals surface area contributed by atoms with Crippen molar-refractivity contribution in [3.8, 4) is 6.07 Å². The molecular formula is C20H19N3OS. The zero-order chi connectivity index (χ0) is 17.8. The summed E-state index contributed by atoms with van der Waals surface area (Å²) in [5.41, 5.74) is 1.82. The van der Waals surface area contributed by atoms with Crippen LogP contribution < -0.4 is 5.56 Å². The van der Waals surface area contributed by atoms with Gasteiger partial charge < -0.3 is 0 Å². The number of hydrogen-bond donors (Lipinski definition) is 0. The molecule has 0 spiro atoms. The van der Waals surface area contributed by atoms with E-state index in [1.54, 1.807) is 17.8 Å². The lowest BCUT2D eigenvalue weighted by Crippen LogP contribution is -2.24. The van der Waals surface area contributed by atoms with Crippen molar-refractivity contribution in [1.82, 2.24) is 9.55 Å². The van der Waals surface area contributed by atoms with Crippen LogP contribution in [-0.4, -0.2) is 9.55 Å². The average Bonchev–Trinajstić information content (AvgIpc) is 2.63. The lowest BCUT2D eigenvalue weighted by atomic mass is 10.0. The zero-order valence-corrected chi connectivity index (χ0v) is 15.1. The highest BCUT2D eigenvalue weighted by atomic mass is 32.2. The minimum atomic E-state index is -0.155. The number of benzene rings is 2. The fourth-order valence-corrected chi connectivity index (χ4v) is 3.50. The number of hydrogen-bond acceptors (Lipinski definition) is 4. The molecule has 25 heavy (non-hydrogen) atoms. The molecule has 0 unspecified atom stereocenters. The first-order valence-corrected chi connectivity index (χ1v) is 9.17. The highest BCUT2D eigenvalue weighted by Crippen LogP contribution is 2.24. The molecule has 126 valence electrons. The molecule has 0 radical (unpaired) electrons. The maximum Gasteiger partial charge on any atom is 0.262 e. The molecule has 0 aliphatic carbocycles. The van der Waals surface area contributed by atoms with Crippen LogP contribution in [0.4, 0.5) is 0 Å². The van der Waals surface area contributed by atoms with Crippen LogP contribution in [0.25, 0.3) is 10.9 Å². The molecule has 0 N–H and O–H groups in total. The van der Waals surface area contributed by atoms with Gasteiger partial charge in [-0.3, -0.25) is 9.36 Å². The Labute approximate surface area is 151 Å². The molecule has 2 aromatic carbocycles. The van der Waals surface area contributed by atoms with Crippen molar-refractivity contribution in [3.05, 3.63) is 70.3 Å². The number of para-hydroxylation sites is 1. The van der Waals surface area contributed by atoms with Crippen LogP contribution in [0.1, 0.15) is 31.2 Å². The summed E-state index contributed by atoms with van der Waals surface area (Å²) in [6.07, 6.45) is 0. The Morgan fingerprint density at radius 3 is 2.56 bits per heavy atom. The van der Waals surface area contributed by atoms with E-state index < -0.39 is 0 Å². The molecule has 3 rings (SSSR count). The van der Waals surface area contributed by atoms with E-state index in [4.69, 9.17) is 5.26 Å². The number of rotatable bonds is 5. The van der Waals surface area contributed by atoms with Crippen LogP contribution in [0, 0.1) is 11.3 Å². The van der Waals surface area contributed by atoms with Gasteiger partial charge in [-0.15, -0.1) is 11.8 Å². The van der Waals surface area contributed by atoms with Gasteiger partial charge in [-0.05, 0) is 35.7 Å². The summed E-state index contributed by atoms with van der Waals surface area (Å²) in [6, 6.07) is 17.8. The first-order valence-electron chi connectivity index (χ1n) is 8.18. The van der Waals surface area contributed by atoms with Crippen molar-refractivity contribution in [2.45, 2.75) is 37.0 Å². The summed E-state index contributed by atoms with van der Waals surface area (Å²) in [6.45, 7) is 4.35. The predicted molar refractivity (Wildman–Crippen MR) is 102 cm³/mol. The molecule has 0 saturated carbocycles. The Kier molecular flexibility index (Phi) is 5.20. The Morgan fingerprint density at radius 2 is 1.88 bits per heavy atom. The third-order valence-corrected chi connectivity index (χ3v) is 5.09. The lowest BCUT2D eigenvalue weighted by molar-refractivity contribution is 0.730. The van der Waals surface area contributed by atoms with E-state index in [0.717, 1.165) is 4.90 Å². The predicted octanol–water partition coefficient (Wildman–Crippen LogP) is 4.34. The van der Waals surface area contributed by atoms with Crippen molar-refractivity contribution in [2.75, 3.05) is 0 Å². The van der Waals surface area contributed by atoms with Crippen LogP contribution in [-0.2, 0) is 12.3 Å². The van der Waals surface area contributed by atoms with E-state index in [9.17, 15) is 4.79 Å². The maximum atomic E-state index is 12.6. The van der Waals surface area contributed by atoms with Crippen LogP contribution in [0.3, 0.4) is 0 Å². The topological polar surface area (TPSA) is 58.7 Å². The Bertz CT molecular complexity index is 984. The molecule has 1 aromatic heterocycles. The number of aromatic nitrogens is 2. The van der Waals surface area contributed by atoms with Gasteiger partial charge in [0.1, 0.15) is 12.4 Å². The minimum Gasteiger partial charge on any atom is -0.281 e. The number of thioether (sulfide) groups is 1. The first-order chi connectivity index (χ1) is 12.1. The van der Waals surface area contributed by atoms with Gasteiger partial charge in [0, 0.05) is 4.90 Å². The van der Waals surface area contributed by atoms with Crippen molar-refractivity contribution in [2.24, 2.45) is 0 Å². The fourth-order valence-electron chi connectivity index (χ4n) is 2.65.